The van der Waals surface area contributed by atoms with Crippen LogP contribution in [0.4, 0.5) is 0 Å². The molecular formula is C6H14N2O. The van der Waals surface area contributed by atoms with Crippen LogP contribution >= 0.6 is 0 Å². The highest BCUT2D eigenvalue weighted by Crippen LogP contribution is 2.10. The monoisotopic (exact) mass is 130 g/mol. The maximum absolute atomic E-state index is 11.2. The normalized spacial score (nSPS) is 29.0. The van der Waals surface area contributed by atoms with E-state index in [0.717, 1.165) is 19.5 Å². The molecule has 0 amide bonds. The van der Waals surface area contributed by atoms with E-state index in [1.807, 2.05) is 0 Å². The Labute approximate surface area is 55.8 Å². The first-order valence-electron chi connectivity index (χ1n) is 3.36. The van der Waals surface area contributed by atoms with Gasteiger partial charge in [0.25, 0.3) is 0 Å². The van der Waals surface area contributed by atoms with Crippen molar-refractivity contribution in [3.63, 3.8) is 0 Å². The molecule has 1 heterocycles. The average Bonchev–Trinajstić information content (AvgIpc) is 2.08. The van der Waals surface area contributed by atoms with Crippen LogP contribution in [0, 0.1) is 5.21 Å². The minimum absolute atomic E-state index is 0.146. The van der Waals surface area contributed by atoms with Crippen LogP contribution in [0.1, 0.15) is 6.42 Å². The predicted molar refractivity (Wildman–Crippen MR) is 36.8 cm³/mol. The first kappa shape index (κ1) is 6.99. The summed E-state index contributed by atoms with van der Waals surface area (Å²) in [6.45, 7) is 1.89. The van der Waals surface area contributed by atoms with Crippen molar-refractivity contribution < 1.29 is 4.65 Å². The second-order valence-electron chi connectivity index (χ2n) is 3.08. The van der Waals surface area contributed by atoms with Gasteiger partial charge in [0.2, 0.25) is 0 Å². The Morgan fingerprint density at radius 2 is 2.22 bits per heavy atom. The zero-order valence-corrected chi connectivity index (χ0v) is 6.05. The van der Waals surface area contributed by atoms with Crippen LogP contribution in [0.25, 0.3) is 0 Å². The molecule has 0 aromatic carbocycles. The molecule has 9 heavy (non-hydrogen) atoms. The van der Waals surface area contributed by atoms with E-state index in [9.17, 15) is 5.21 Å². The minimum atomic E-state index is -0.146. The Kier molecular flexibility index (Phi) is 1.75. The molecule has 1 rings (SSSR count). The fourth-order valence-electron chi connectivity index (χ4n) is 1.17. The summed E-state index contributed by atoms with van der Waals surface area (Å²) in [6.07, 6.45) is 1.02. The van der Waals surface area contributed by atoms with E-state index in [-0.39, 0.29) is 10.7 Å². The summed E-state index contributed by atoms with van der Waals surface area (Å²) in [6, 6.07) is 0.282. The molecule has 0 radical (unpaired) electrons. The third-order valence-corrected chi connectivity index (χ3v) is 1.91. The Hall–Kier alpha value is -0.120. The SMILES string of the molecule is C[N+](C)([O-])C1CCNC1. The molecule has 54 valence electrons. The lowest BCUT2D eigenvalue weighted by Gasteiger charge is -2.39. The van der Waals surface area contributed by atoms with Gasteiger partial charge in [-0.05, 0) is 0 Å². The van der Waals surface area contributed by atoms with E-state index in [0.29, 0.717) is 0 Å². The first-order valence-corrected chi connectivity index (χ1v) is 3.36. The topological polar surface area (TPSA) is 35.1 Å². The van der Waals surface area contributed by atoms with E-state index in [1.54, 1.807) is 14.1 Å². The maximum Gasteiger partial charge on any atom is 0.102 e. The molecule has 1 saturated heterocycles. The van der Waals surface area contributed by atoms with E-state index >= 15 is 0 Å². The van der Waals surface area contributed by atoms with Gasteiger partial charge in [0.15, 0.2) is 0 Å². The number of likely N-dealkylation sites (N-methyl/N-ethyl adjacent to an activating group) is 1. The number of hydrogen-bond acceptors (Lipinski definition) is 2. The maximum atomic E-state index is 11.2. The molecule has 1 atom stereocenters. The summed E-state index contributed by atoms with van der Waals surface area (Å²) in [4.78, 5) is 0. The fraction of sp³-hybridized carbons (Fsp3) is 1.00. The molecule has 1 aliphatic heterocycles. The molecule has 0 aromatic rings. The lowest BCUT2D eigenvalue weighted by atomic mass is 10.2. The third kappa shape index (κ3) is 1.64. The number of nitrogens with zero attached hydrogens (tertiary/aromatic N) is 1. The minimum Gasteiger partial charge on any atom is -0.633 e. The smallest absolute Gasteiger partial charge is 0.102 e. The van der Waals surface area contributed by atoms with E-state index in [4.69, 9.17) is 0 Å². The van der Waals surface area contributed by atoms with Crippen molar-refractivity contribution in [3.8, 4) is 0 Å². The Morgan fingerprint density at radius 1 is 1.56 bits per heavy atom. The van der Waals surface area contributed by atoms with Crippen LogP contribution in [0.5, 0.6) is 0 Å². The molecule has 0 spiro atoms. The van der Waals surface area contributed by atoms with Gasteiger partial charge < -0.3 is 15.2 Å². The summed E-state index contributed by atoms with van der Waals surface area (Å²) < 4.78 is -0.146. The first-order chi connectivity index (χ1) is 4.11. The third-order valence-electron chi connectivity index (χ3n) is 1.91. The number of rotatable bonds is 1. The van der Waals surface area contributed by atoms with Crippen LogP contribution in [-0.2, 0) is 0 Å². The van der Waals surface area contributed by atoms with Crippen molar-refractivity contribution >= 4 is 0 Å². The lowest BCUT2D eigenvalue weighted by molar-refractivity contribution is -0.864. The second-order valence-corrected chi connectivity index (χ2v) is 3.08. The van der Waals surface area contributed by atoms with Gasteiger partial charge >= 0.3 is 0 Å². The molecule has 0 saturated carbocycles. The molecule has 1 N–H and O–H groups in total. The fourth-order valence-corrected chi connectivity index (χ4v) is 1.17. The molecular weight excluding hydrogens is 116 g/mol. The lowest BCUT2D eigenvalue weighted by Crippen LogP contribution is -2.44. The van der Waals surface area contributed by atoms with Gasteiger partial charge in [0, 0.05) is 19.5 Å². The van der Waals surface area contributed by atoms with Gasteiger partial charge in [-0.3, -0.25) is 0 Å². The van der Waals surface area contributed by atoms with Gasteiger partial charge in [0.05, 0.1) is 14.1 Å². The van der Waals surface area contributed by atoms with Crippen molar-refractivity contribution in [1.82, 2.24) is 5.32 Å². The van der Waals surface area contributed by atoms with Crippen molar-refractivity contribution in [2.75, 3.05) is 27.2 Å². The summed E-state index contributed by atoms with van der Waals surface area (Å²) in [7, 11) is 3.41. The Bertz CT molecular complexity index is 91.7. The molecule has 0 aromatic heterocycles. The number of quaternary nitrogens is 1. The van der Waals surface area contributed by atoms with E-state index in [1.165, 1.54) is 0 Å². The van der Waals surface area contributed by atoms with Crippen LogP contribution in [0.3, 0.4) is 0 Å². The summed E-state index contributed by atoms with van der Waals surface area (Å²) in [5, 5.41) is 14.4. The van der Waals surface area contributed by atoms with Crippen LogP contribution in [-0.4, -0.2) is 37.9 Å². The highest BCUT2D eigenvalue weighted by Gasteiger charge is 2.23. The van der Waals surface area contributed by atoms with Crippen molar-refractivity contribution in [1.29, 1.82) is 0 Å². The average molecular weight is 130 g/mol. The largest absolute Gasteiger partial charge is 0.633 e. The summed E-state index contributed by atoms with van der Waals surface area (Å²) in [5.74, 6) is 0. The molecule has 3 heteroatoms. The molecule has 3 nitrogen and oxygen atoms in total. The molecule has 1 fully saturated rings. The van der Waals surface area contributed by atoms with Crippen LogP contribution in [0.2, 0.25) is 0 Å². The van der Waals surface area contributed by atoms with Gasteiger partial charge in [-0.25, -0.2) is 0 Å². The van der Waals surface area contributed by atoms with E-state index < -0.39 is 0 Å². The van der Waals surface area contributed by atoms with Crippen molar-refractivity contribution in [2.24, 2.45) is 0 Å². The summed E-state index contributed by atoms with van der Waals surface area (Å²) >= 11 is 0. The summed E-state index contributed by atoms with van der Waals surface area (Å²) in [5.41, 5.74) is 0. The van der Waals surface area contributed by atoms with E-state index in [2.05, 4.69) is 5.32 Å². The molecule has 1 aliphatic rings. The van der Waals surface area contributed by atoms with Crippen molar-refractivity contribution in [2.45, 2.75) is 12.5 Å². The Balaban J connectivity index is 2.42. The van der Waals surface area contributed by atoms with Gasteiger partial charge in [-0.1, -0.05) is 0 Å². The number of hydrogen-bond donors (Lipinski definition) is 1. The number of hydroxylamine groups is 3. The quantitative estimate of drug-likeness (QED) is 0.398. The standard InChI is InChI=1S/C6H14N2O/c1-8(2,9)6-3-4-7-5-6/h6-7H,3-5H2,1-2H3. The van der Waals surface area contributed by atoms with Gasteiger partial charge in [-0.15, -0.1) is 0 Å². The van der Waals surface area contributed by atoms with Gasteiger partial charge in [-0.2, -0.15) is 0 Å². The highest BCUT2D eigenvalue weighted by molar-refractivity contribution is 4.71. The zero-order valence-electron chi connectivity index (χ0n) is 6.05. The number of nitrogens with one attached hydrogen (secondary N) is 1. The van der Waals surface area contributed by atoms with Crippen LogP contribution in [0.15, 0.2) is 0 Å². The molecule has 0 aliphatic carbocycles. The molecule has 1 unspecified atom stereocenters. The second kappa shape index (κ2) is 2.25. The molecule has 0 bridgehead atoms. The zero-order chi connectivity index (χ0) is 6.91. The highest BCUT2D eigenvalue weighted by atomic mass is 16.5. The van der Waals surface area contributed by atoms with Crippen LogP contribution < -0.4 is 5.32 Å². The predicted octanol–water partition coefficient (Wildman–Crippen LogP) is -0.0775. The Morgan fingerprint density at radius 3 is 2.44 bits per heavy atom. The van der Waals surface area contributed by atoms with Crippen molar-refractivity contribution in [3.05, 3.63) is 5.21 Å². The van der Waals surface area contributed by atoms with Gasteiger partial charge in [0.1, 0.15) is 6.04 Å².